The molecule has 0 aliphatic heterocycles. The lowest BCUT2D eigenvalue weighted by Crippen LogP contribution is -2.39. The van der Waals surface area contributed by atoms with Gasteiger partial charge in [-0.05, 0) is 37.0 Å². The molecule has 0 atom stereocenters. The monoisotopic (exact) mass is 286 g/mol. The van der Waals surface area contributed by atoms with Crippen molar-refractivity contribution in [1.29, 1.82) is 0 Å². The summed E-state index contributed by atoms with van der Waals surface area (Å²) in [7, 11) is 0.0931. The van der Waals surface area contributed by atoms with Gasteiger partial charge in [0.05, 0.1) is 0 Å². The Morgan fingerprint density at radius 3 is 2.42 bits per heavy atom. The van der Waals surface area contributed by atoms with Gasteiger partial charge in [0, 0.05) is 20.3 Å². The molecule has 0 radical (unpaired) electrons. The number of rotatable bonds is 9. The first-order valence-electron chi connectivity index (χ1n) is 6.67. The van der Waals surface area contributed by atoms with Gasteiger partial charge in [-0.3, -0.25) is 0 Å². The maximum absolute atomic E-state index is 13.0. The van der Waals surface area contributed by atoms with Gasteiger partial charge in [-0.25, -0.2) is 4.39 Å². The number of aryl methyl sites for hydroxylation is 1. The van der Waals surface area contributed by atoms with Crippen LogP contribution >= 0.6 is 0 Å². The van der Waals surface area contributed by atoms with E-state index < -0.39 is 8.80 Å². The molecule has 108 valence electrons. The highest BCUT2D eigenvalue weighted by molar-refractivity contribution is 6.59. The van der Waals surface area contributed by atoms with Gasteiger partial charge in [-0.15, -0.1) is 0 Å². The summed E-state index contributed by atoms with van der Waals surface area (Å²) < 4.78 is 23.0. The fraction of sp³-hybridized carbons (Fsp3) is 0.571. The first-order chi connectivity index (χ1) is 9.09. The van der Waals surface area contributed by atoms with Crippen LogP contribution in [0.25, 0.3) is 0 Å². The van der Waals surface area contributed by atoms with Gasteiger partial charge >= 0.3 is 8.80 Å². The smallest absolute Gasteiger partial charge is 0.390 e. The maximum Gasteiger partial charge on any atom is 0.497 e. The van der Waals surface area contributed by atoms with Crippen LogP contribution in [0.4, 0.5) is 4.39 Å². The van der Waals surface area contributed by atoms with Crippen molar-refractivity contribution in [3.8, 4) is 0 Å². The summed E-state index contributed by atoms with van der Waals surface area (Å²) in [6, 6.07) is 7.34. The molecule has 0 fully saturated rings. The van der Waals surface area contributed by atoms with Crippen molar-refractivity contribution in [1.82, 2.24) is 0 Å². The molecular weight excluding hydrogens is 263 g/mol. The van der Waals surface area contributed by atoms with Crippen LogP contribution < -0.4 is 0 Å². The summed E-state index contributed by atoms with van der Waals surface area (Å²) in [5.41, 5.74) is 1.04. The third-order valence-electron chi connectivity index (χ3n) is 3.24. The molecule has 0 saturated heterocycles. The van der Waals surface area contributed by atoms with Gasteiger partial charge in [0.15, 0.2) is 0 Å². The number of hydrogen-bond acceptors (Lipinski definition) is 3. The first kappa shape index (κ1) is 16.3. The average molecular weight is 286 g/mol. The van der Waals surface area contributed by atoms with Crippen LogP contribution in [0.15, 0.2) is 24.3 Å². The Labute approximate surface area is 115 Å². The fourth-order valence-corrected chi connectivity index (χ4v) is 3.28. The van der Waals surface area contributed by atoms with Gasteiger partial charge in [0.2, 0.25) is 0 Å². The zero-order valence-electron chi connectivity index (χ0n) is 11.7. The van der Waals surface area contributed by atoms with E-state index in [1.165, 1.54) is 20.3 Å². The van der Waals surface area contributed by atoms with Crippen LogP contribution in [-0.4, -0.2) is 27.8 Å². The zero-order chi connectivity index (χ0) is 14.1. The van der Waals surface area contributed by atoms with Crippen LogP contribution in [0.1, 0.15) is 31.2 Å². The van der Waals surface area contributed by atoms with E-state index in [4.69, 9.17) is 8.85 Å². The van der Waals surface area contributed by atoms with Crippen molar-refractivity contribution < 1.29 is 18.0 Å². The third-order valence-corrected chi connectivity index (χ3v) is 5.50. The van der Waals surface area contributed by atoms with Gasteiger partial charge in [-0.2, -0.15) is 0 Å². The van der Waals surface area contributed by atoms with Crippen LogP contribution in [0.3, 0.4) is 0 Å². The SMILES string of the molecule is CO[Si](O)(CCCCCCc1cccc(F)c1)OC. The largest absolute Gasteiger partial charge is 0.497 e. The van der Waals surface area contributed by atoms with Gasteiger partial charge in [0.25, 0.3) is 0 Å². The molecule has 1 aromatic rings. The summed E-state index contributed by atoms with van der Waals surface area (Å²) in [5.74, 6) is -0.172. The predicted octanol–water partition coefficient (Wildman–Crippen LogP) is 3.15. The molecule has 0 heterocycles. The Hall–Kier alpha value is -0.753. The Kier molecular flexibility index (Phi) is 7.23. The summed E-state index contributed by atoms with van der Waals surface area (Å²) in [4.78, 5) is 9.85. The van der Waals surface area contributed by atoms with Gasteiger partial charge in [0.1, 0.15) is 5.82 Å². The molecule has 0 bridgehead atoms. The lowest BCUT2D eigenvalue weighted by atomic mass is 10.1. The van der Waals surface area contributed by atoms with Crippen molar-refractivity contribution in [2.24, 2.45) is 0 Å². The highest BCUT2D eigenvalue weighted by atomic mass is 28.4. The quantitative estimate of drug-likeness (QED) is 0.560. The lowest BCUT2D eigenvalue weighted by molar-refractivity contribution is 0.150. The summed E-state index contributed by atoms with van der Waals surface area (Å²) >= 11 is 0. The molecule has 1 rings (SSSR count). The van der Waals surface area contributed by atoms with Crippen molar-refractivity contribution in [2.75, 3.05) is 14.2 Å². The topological polar surface area (TPSA) is 38.7 Å². The molecule has 1 aromatic carbocycles. The first-order valence-corrected chi connectivity index (χ1v) is 8.64. The van der Waals surface area contributed by atoms with E-state index in [2.05, 4.69) is 0 Å². The number of hydrogen-bond donors (Lipinski definition) is 1. The molecule has 0 amide bonds. The molecule has 0 spiro atoms. The maximum atomic E-state index is 13.0. The molecular formula is C14H23FO3Si. The molecule has 5 heteroatoms. The second kappa shape index (κ2) is 8.42. The number of unbranched alkanes of at least 4 members (excludes halogenated alkanes) is 3. The second-order valence-corrected chi connectivity index (χ2v) is 7.41. The van der Waals surface area contributed by atoms with Crippen LogP contribution in [0, 0.1) is 5.82 Å². The third kappa shape index (κ3) is 6.29. The molecule has 0 aliphatic carbocycles. The number of benzene rings is 1. The second-order valence-electron chi connectivity index (χ2n) is 4.67. The minimum Gasteiger partial charge on any atom is -0.390 e. The predicted molar refractivity (Wildman–Crippen MR) is 75.4 cm³/mol. The minimum absolute atomic E-state index is 0.172. The molecule has 0 aromatic heterocycles. The van der Waals surface area contributed by atoms with Crippen molar-refractivity contribution in [3.05, 3.63) is 35.6 Å². The van der Waals surface area contributed by atoms with E-state index in [0.717, 1.165) is 37.7 Å². The Balaban J connectivity index is 2.12. The zero-order valence-corrected chi connectivity index (χ0v) is 12.7. The van der Waals surface area contributed by atoms with E-state index in [1.54, 1.807) is 12.1 Å². The van der Waals surface area contributed by atoms with E-state index in [0.29, 0.717) is 6.04 Å². The standard InChI is InChI=1S/C14H23FO3Si/c1-17-19(16,18-2)11-6-4-3-5-8-13-9-7-10-14(15)12-13/h7,9-10,12,16H,3-6,8,11H2,1-2H3. The normalized spacial score (nSPS) is 11.8. The van der Waals surface area contributed by atoms with Crippen LogP contribution in [-0.2, 0) is 15.3 Å². The average Bonchev–Trinajstić information content (AvgIpc) is 2.42. The summed E-state index contributed by atoms with van der Waals surface area (Å²) in [5, 5.41) is 0. The molecule has 3 nitrogen and oxygen atoms in total. The van der Waals surface area contributed by atoms with Crippen LogP contribution in [0.5, 0.6) is 0 Å². The highest BCUT2D eigenvalue weighted by Gasteiger charge is 2.33. The van der Waals surface area contributed by atoms with E-state index >= 15 is 0 Å². The summed E-state index contributed by atoms with van der Waals surface area (Å²) in [6.07, 6.45) is 4.91. The van der Waals surface area contributed by atoms with Crippen molar-refractivity contribution >= 4 is 8.80 Å². The molecule has 1 N–H and O–H groups in total. The van der Waals surface area contributed by atoms with E-state index in [1.807, 2.05) is 6.07 Å². The Morgan fingerprint density at radius 2 is 1.79 bits per heavy atom. The van der Waals surface area contributed by atoms with Crippen molar-refractivity contribution in [3.63, 3.8) is 0 Å². The van der Waals surface area contributed by atoms with Gasteiger partial charge in [-0.1, -0.05) is 25.0 Å². The summed E-state index contributed by atoms with van der Waals surface area (Å²) in [6.45, 7) is 0. The minimum atomic E-state index is -2.88. The molecule has 0 unspecified atom stereocenters. The molecule has 0 saturated carbocycles. The number of halogens is 1. The van der Waals surface area contributed by atoms with Crippen LogP contribution in [0.2, 0.25) is 6.04 Å². The highest BCUT2D eigenvalue weighted by Crippen LogP contribution is 2.15. The Bertz CT molecular complexity index is 369. The Morgan fingerprint density at radius 1 is 1.11 bits per heavy atom. The van der Waals surface area contributed by atoms with Crippen molar-refractivity contribution in [2.45, 2.75) is 38.1 Å². The lowest BCUT2D eigenvalue weighted by Gasteiger charge is -2.19. The molecule has 0 aliphatic rings. The fourth-order valence-electron chi connectivity index (χ4n) is 2.01. The van der Waals surface area contributed by atoms with Gasteiger partial charge < -0.3 is 13.6 Å². The molecule has 19 heavy (non-hydrogen) atoms. The van der Waals surface area contributed by atoms with E-state index in [9.17, 15) is 9.19 Å². The van der Waals surface area contributed by atoms with E-state index in [-0.39, 0.29) is 5.82 Å².